The van der Waals surface area contributed by atoms with Crippen molar-refractivity contribution in [3.63, 3.8) is 0 Å². The zero-order chi connectivity index (χ0) is 27.5. The van der Waals surface area contributed by atoms with Crippen LogP contribution in [0.5, 0.6) is 5.75 Å². The second kappa shape index (κ2) is 11.2. The van der Waals surface area contributed by atoms with Gasteiger partial charge in [-0.3, -0.25) is 14.8 Å². The van der Waals surface area contributed by atoms with E-state index in [1.165, 1.54) is 5.56 Å². The number of anilines is 2. The van der Waals surface area contributed by atoms with E-state index >= 15 is 0 Å². The van der Waals surface area contributed by atoms with Crippen LogP contribution in [0, 0.1) is 13.8 Å². The smallest absolute Gasteiger partial charge is 0.224 e. The number of nitrogens with one attached hydrogen (secondary N) is 2. The van der Waals surface area contributed by atoms with Gasteiger partial charge >= 0.3 is 0 Å². The number of benzene rings is 1. The second-order valence-electron chi connectivity index (χ2n) is 9.55. The number of hydrogen-bond donors (Lipinski definition) is 2. The van der Waals surface area contributed by atoms with E-state index in [4.69, 9.17) is 17.0 Å². The van der Waals surface area contributed by atoms with E-state index in [1.807, 2.05) is 67.8 Å². The Labute approximate surface area is 234 Å². The van der Waals surface area contributed by atoms with Gasteiger partial charge in [0, 0.05) is 54.7 Å². The molecule has 1 amide bonds. The number of amides is 1. The van der Waals surface area contributed by atoms with Gasteiger partial charge in [-0.15, -0.1) is 0 Å². The average Bonchev–Trinajstić information content (AvgIpc) is 3.45. The number of aryl methyl sites for hydroxylation is 1. The first-order valence-corrected chi connectivity index (χ1v) is 13.4. The Morgan fingerprint density at radius 1 is 1.10 bits per heavy atom. The van der Waals surface area contributed by atoms with Crippen LogP contribution in [-0.4, -0.2) is 32.7 Å². The Kier molecular flexibility index (Phi) is 7.60. The van der Waals surface area contributed by atoms with Gasteiger partial charge in [0.25, 0.3) is 0 Å². The lowest BCUT2D eigenvalue weighted by Gasteiger charge is -2.29. The summed E-state index contributed by atoms with van der Waals surface area (Å²) in [5.41, 5.74) is 7.06. The Morgan fingerprint density at radius 3 is 2.59 bits per heavy atom. The van der Waals surface area contributed by atoms with E-state index in [9.17, 15) is 4.79 Å². The van der Waals surface area contributed by atoms with Crippen LogP contribution in [0.4, 0.5) is 11.4 Å². The van der Waals surface area contributed by atoms with Crippen LogP contribution in [0.1, 0.15) is 53.6 Å². The molecule has 0 radical (unpaired) electrons. The summed E-state index contributed by atoms with van der Waals surface area (Å²) < 4.78 is 7.99. The van der Waals surface area contributed by atoms with Crippen molar-refractivity contribution >= 4 is 34.6 Å². The van der Waals surface area contributed by atoms with Crippen molar-refractivity contribution in [2.45, 2.75) is 45.8 Å². The van der Waals surface area contributed by atoms with Crippen LogP contribution in [0.15, 0.2) is 73.2 Å². The molecule has 4 aromatic rings. The molecule has 0 aliphatic carbocycles. The highest BCUT2D eigenvalue weighted by molar-refractivity contribution is 7.80. The predicted octanol–water partition coefficient (Wildman–Crippen LogP) is 5.48. The highest BCUT2D eigenvalue weighted by Crippen LogP contribution is 2.44. The van der Waals surface area contributed by atoms with E-state index in [-0.39, 0.29) is 18.0 Å². The van der Waals surface area contributed by atoms with Crippen LogP contribution < -0.4 is 20.3 Å². The molecule has 1 aromatic carbocycles. The van der Waals surface area contributed by atoms with Crippen molar-refractivity contribution in [1.82, 2.24) is 19.9 Å². The Morgan fingerprint density at radius 2 is 1.90 bits per heavy atom. The quantitative estimate of drug-likeness (QED) is 0.287. The van der Waals surface area contributed by atoms with Crippen LogP contribution in [0.3, 0.4) is 0 Å². The molecule has 39 heavy (non-hydrogen) atoms. The molecule has 0 bridgehead atoms. The lowest BCUT2D eigenvalue weighted by molar-refractivity contribution is -0.115. The normalized spacial score (nSPS) is 16.7. The summed E-state index contributed by atoms with van der Waals surface area (Å²) in [5, 5.41) is 7.04. The molecular formula is C30H32N6O2S. The number of ether oxygens (including phenoxy) is 1. The van der Waals surface area contributed by atoms with Crippen LogP contribution in [0.2, 0.25) is 0 Å². The summed E-state index contributed by atoms with van der Waals surface area (Å²) in [6, 6.07) is 17.7. The fourth-order valence-corrected chi connectivity index (χ4v) is 5.51. The third kappa shape index (κ3) is 5.22. The van der Waals surface area contributed by atoms with Gasteiger partial charge < -0.3 is 24.8 Å². The Balaban J connectivity index is 1.60. The third-order valence-electron chi connectivity index (χ3n) is 7.18. The molecule has 2 atom stereocenters. The van der Waals surface area contributed by atoms with Crippen molar-refractivity contribution in [2.75, 3.05) is 17.3 Å². The summed E-state index contributed by atoms with van der Waals surface area (Å²) in [6.45, 7) is 6.85. The fourth-order valence-electron chi connectivity index (χ4n) is 5.16. The number of hydrogen-bond acceptors (Lipinski definition) is 5. The second-order valence-corrected chi connectivity index (χ2v) is 9.94. The highest BCUT2D eigenvalue weighted by atomic mass is 32.1. The Bertz CT molecular complexity index is 1490. The summed E-state index contributed by atoms with van der Waals surface area (Å²) >= 11 is 5.93. The minimum atomic E-state index is -0.168. The van der Waals surface area contributed by atoms with Gasteiger partial charge in [0.1, 0.15) is 5.75 Å². The number of pyridine rings is 2. The average molecular weight is 541 g/mol. The molecule has 3 aromatic heterocycles. The number of nitrogens with zero attached hydrogens (tertiary/aromatic N) is 4. The van der Waals surface area contributed by atoms with E-state index in [1.54, 1.807) is 13.3 Å². The monoisotopic (exact) mass is 540 g/mol. The van der Waals surface area contributed by atoms with Crippen molar-refractivity contribution in [2.24, 2.45) is 0 Å². The first-order chi connectivity index (χ1) is 18.9. The summed E-state index contributed by atoms with van der Waals surface area (Å²) in [7, 11) is 1.60. The number of rotatable bonds is 8. The van der Waals surface area contributed by atoms with Gasteiger partial charge in [0.2, 0.25) is 5.91 Å². The zero-order valence-corrected chi connectivity index (χ0v) is 23.3. The molecule has 1 aliphatic rings. The van der Waals surface area contributed by atoms with E-state index in [0.717, 1.165) is 34.9 Å². The predicted molar refractivity (Wildman–Crippen MR) is 157 cm³/mol. The van der Waals surface area contributed by atoms with Crippen molar-refractivity contribution in [3.05, 3.63) is 101 Å². The van der Waals surface area contributed by atoms with E-state index < -0.39 is 0 Å². The lowest BCUT2D eigenvalue weighted by atomic mass is 9.96. The minimum Gasteiger partial charge on any atom is -0.494 e. The van der Waals surface area contributed by atoms with E-state index in [0.29, 0.717) is 23.0 Å². The first-order valence-electron chi connectivity index (χ1n) is 12.9. The maximum Gasteiger partial charge on any atom is 0.224 e. The molecule has 1 aliphatic heterocycles. The van der Waals surface area contributed by atoms with Gasteiger partial charge in [-0.1, -0.05) is 13.0 Å². The summed E-state index contributed by atoms with van der Waals surface area (Å²) in [6.07, 6.45) is 5.83. The van der Waals surface area contributed by atoms with E-state index in [2.05, 4.69) is 50.0 Å². The third-order valence-corrected chi connectivity index (χ3v) is 7.49. The molecule has 2 N–H and O–H groups in total. The molecule has 1 fully saturated rings. The molecule has 200 valence electrons. The van der Waals surface area contributed by atoms with Crippen LogP contribution in [-0.2, 0) is 11.3 Å². The molecule has 0 spiro atoms. The van der Waals surface area contributed by atoms with Crippen LogP contribution in [0.25, 0.3) is 0 Å². The molecule has 9 heteroatoms. The van der Waals surface area contributed by atoms with Crippen molar-refractivity contribution < 1.29 is 9.53 Å². The molecule has 0 saturated carbocycles. The molecule has 5 rings (SSSR count). The van der Waals surface area contributed by atoms with Crippen molar-refractivity contribution in [3.8, 4) is 5.75 Å². The Hall–Kier alpha value is -4.24. The van der Waals surface area contributed by atoms with Gasteiger partial charge in [0.15, 0.2) is 5.11 Å². The fraction of sp³-hybridized carbons (Fsp3) is 0.267. The van der Waals surface area contributed by atoms with Crippen molar-refractivity contribution in [1.29, 1.82) is 0 Å². The molecule has 4 heterocycles. The number of methoxy groups -OCH3 is 1. The largest absolute Gasteiger partial charge is 0.494 e. The minimum absolute atomic E-state index is 0.0749. The number of thiocarbonyl (C=S) groups is 1. The maximum absolute atomic E-state index is 12.1. The topological polar surface area (TPSA) is 84.3 Å². The maximum atomic E-state index is 12.1. The number of carbonyl (C=O) groups is 1. The summed E-state index contributed by atoms with van der Waals surface area (Å²) in [4.78, 5) is 23.0. The van der Waals surface area contributed by atoms with Gasteiger partial charge in [-0.05, 0) is 79.7 Å². The zero-order valence-electron chi connectivity index (χ0n) is 22.5. The molecule has 0 unspecified atom stereocenters. The number of carbonyl (C=O) groups excluding carboxylic acids is 1. The van der Waals surface area contributed by atoms with Gasteiger partial charge in [-0.2, -0.15) is 0 Å². The number of aromatic nitrogens is 3. The highest BCUT2D eigenvalue weighted by Gasteiger charge is 2.42. The molecular weight excluding hydrogens is 508 g/mol. The summed E-state index contributed by atoms with van der Waals surface area (Å²) in [5.74, 6) is 0.495. The lowest BCUT2D eigenvalue weighted by Crippen LogP contribution is -2.29. The van der Waals surface area contributed by atoms with Crippen LogP contribution >= 0.6 is 12.2 Å². The standard InChI is InChI=1S/C30H32N6O2S/c1-5-27(37)33-24-10-9-22(17-26(24)38-4)36-29(28(34-30(36)39)25-8-6-7-13-32-25)23-16-19(2)35(20(23)3)18-21-11-14-31-15-12-21/h6-17,28-29H,5,18H2,1-4H3,(H,33,37)(H,34,39)/t28-,29+/m1/s1. The first kappa shape index (κ1) is 26.4. The SMILES string of the molecule is CCC(=O)Nc1ccc(N2C(=S)N[C@H](c3ccccn3)[C@@H]2c2cc(C)n(Cc3ccncc3)c2C)cc1OC. The van der Waals surface area contributed by atoms with Gasteiger partial charge in [-0.25, -0.2) is 0 Å². The molecule has 8 nitrogen and oxygen atoms in total. The molecule has 1 saturated heterocycles. The van der Waals surface area contributed by atoms with Gasteiger partial charge in [0.05, 0.1) is 30.6 Å².